The number of ether oxygens (including phenoxy) is 2. The largest absolute Gasteiger partial charge is 0.466 e. The predicted molar refractivity (Wildman–Crippen MR) is 72.2 cm³/mol. The highest BCUT2D eigenvalue weighted by atomic mass is 16.5. The van der Waals surface area contributed by atoms with E-state index in [-0.39, 0.29) is 24.0 Å². The number of hydrogen-bond acceptors (Lipinski definition) is 4. The van der Waals surface area contributed by atoms with Gasteiger partial charge in [-0.2, -0.15) is 0 Å². The Morgan fingerprint density at radius 2 is 1.67 bits per heavy atom. The topological polar surface area (TPSA) is 52.6 Å². The van der Waals surface area contributed by atoms with E-state index >= 15 is 0 Å². The molecule has 0 aliphatic carbocycles. The van der Waals surface area contributed by atoms with Crippen molar-refractivity contribution in [2.45, 2.75) is 66.9 Å². The Labute approximate surface area is 111 Å². The van der Waals surface area contributed by atoms with Crippen molar-refractivity contribution < 1.29 is 19.1 Å². The van der Waals surface area contributed by atoms with Gasteiger partial charge in [-0.15, -0.1) is 0 Å². The fourth-order valence-corrected chi connectivity index (χ4v) is 1.20. The Hall–Kier alpha value is -1.06. The van der Waals surface area contributed by atoms with Gasteiger partial charge in [-0.1, -0.05) is 27.2 Å². The SMILES string of the molecule is CCC(C)OC(C)=O.CCCC(C)C(=O)OCC. The van der Waals surface area contributed by atoms with E-state index in [0.29, 0.717) is 6.61 Å². The van der Waals surface area contributed by atoms with E-state index in [4.69, 9.17) is 9.47 Å². The Morgan fingerprint density at radius 3 is 1.94 bits per heavy atom. The fourth-order valence-electron chi connectivity index (χ4n) is 1.20. The summed E-state index contributed by atoms with van der Waals surface area (Å²) >= 11 is 0. The molecule has 0 amide bonds. The summed E-state index contributed by atoms with van der Waals surface area (Å²) in [5, 5.41) is 0. The second kappa shape index (κ2) is 12.4. The van der Waals surface area contributed by atoms with Crippen molar-refractivity contribution >= 4 is 11.9 Å². The number of hydrogen-bond donors (Lipinski definition) is 0. The molecular weight excluding hydrogens is 232 g/mol. The normalized spacial score (nSPS) is 12.8. The molecule has 0 spiro atoms. The molecule has 0 aliphatic rings. The first-order chi connectivity index (χ1) is 8.38. The van der Waals surface area contributed by atoms with Gasteiger partial charge in [0.1, 0.15) is 0 Å². The summed E-state index contributed by atoms with van der Waals surface area (Å²) in [6, 6.07) is 0. The molecule has 0 heterocycles. The molecule has 0 saturated heterocycles. The quantitative estimate of drug-likeness (QED) is 0.687. The van der Waals surface area contributed by atoms with Crippen molar-refractivity contribution in [2.75, 3.05) is 6.61 Å². The van der Waals surface area contributed by atoms with Crippen LogP contribution >= 0.6 is 0 Å². The van der Waals surface area contributed by atoms with Crippen LogP contribution < -0.4 is 0 Å². The Kier molecular flexibility index (Phi) is 13.3. The van der Waals surface area contributed by atoms with Crippen molar-refractivity contribution in [1.82, 2.24) is 0 Å². The minimum atomic E-state index is -0.195. The molecule has 0 radical (unpaired) electrons. The van der Waals surface area contributed by atoms with E-state index in [1.54, 1.807) is 0 Å². The van der Waals surface area contributed by atoms with Gasteiger partial charge in [-0.05, 0) is 26.7 Å². The lowest BCUT2D eigenvalue weighted by molar-refractivity contribution is -0.147. The van der Waals surface area contributed by atoms with Crippen LogP contribution in [-0.4, -0.2) is 24.6 Å². The van der Waals surface area contributed by atoms with Crippen LogP contribution in [0.25, 0.3) is 0 Å². The van der Waals surface area contributed by atoms with Crippen LogP contribution in [0.5, 0.6) is 0 Å². The highest BCUT2D eigenvalue weighted by molar-refractivity contribution is 5.71. The monoisotopic (exact) mass is 260 g/mol. The van der Waals surface area contributed by atoms with Gasteiger partial charge < -0.3 is 9.47 Å². The molecule has 108 valence electrons. The van der Waals surface area contributed by atoms with Crippen LogP contribution in [0.3, 0.4) is 0 Å². The zero-order chi connectivity index (χ0) is 14.6. The Bertz CT molecular complexity index is 226. The molecule has 0 bridgehead atoms. The third kappa shape index (κ3) is 13.0. The van der Waals surface area contributed by atoms with E-state index in [2.05, 4.69) is 6.92 Å². The number of esters is 2. The summed E-state index contributed by atoms with van der Waals surface area (Å²) in [5.41, 5.74) is 0. The maximum atomic E-state index is 10.9. The Morgan fingerprint density at radius 1 is 1.11 bits per heavy atom. The minimum absolute atomic E-state index is 0.0654. The van der Waals surface area contributed by atoms with Crippen molar-refractivity contribution in [2.24, 2.45) is 5.92 Å². The molecule has 18 heavy (non-hydrogen) atoms. The van der Waals surface area contributed by atoms with Crippen molar-refractivity contribution in [1.29, 1.82) is 0 Å². The molecular formula is C14H28O4. The molecule has 0 fully saturated rings. The lowest BCUT2D eigenvalue weighted by Crippen LogP contribution is -2.14. The summed E-state index contributed by atoms with van der Waals surface area (Å²) < 4.78 is 9.58. The molecule has 0 aromatic carbocycles. The van der Waals surface area contributed by atoms with Crippen LogP contribution in [0.15, 0.2) is 0 Å². The van der Waals surface area contributed by atoms with Gasteiger partial charge in [0, 0.05) is 6.92 Å². The molecule has 0 aliphatic heterocycles. The first-order valence-corrected chi connectivity index (χ1v) is 6.72. The molecule has 0 rings (SSSR count). The zero-order valence-corrected chi connectivity index (χ0v) is 12.6. The van der Waals surface area contributed by atoms with Gasteiger partial charge in [-0.3, -0.25) is 9.59 Å². The van der Waals surface area contributed by atoms with E-state index in [1.807, 2.05) is 27.7 Å². The molecule has 0 saturated carbocycles. The molecule has 2 atom stereocenters. The smallest absolute Gasteiger partial charge is 0.308 e. The van der Waals surface area contributed by atoms with Gasteiger partial charge in [0.15, 0.2) is 0 Å². The fraction of sp³-hybridized carbons (Fsp3) is 0.857. The lowest BCUT2D eigenvalue weighted by Gasteiger charge is -2.07. The standard InChI is InChI=1S/C8H16O2.C6H12O2/c1-4-6-7(3)8(9)10-5-2;1-4-5(2)8-6(3)7/h7H,4-6H2,1-3H3;5H,4H2,1-3H3. The van der Waals surface area contributed by atoms with Crippen LogP contribution in [0, 0.1) is 5.92 Å². The summed E-state index contributed by atoms with van der Waals surface area (Å²) in [5.74, 6) is -0.186. The highest BCUT2D eigenvalue weighted by Gasteiger charge is 2.11. The van der Waals surface area contributed by atoms with Crippen molar-refractivity contribution in [3.05, 3.63) is 0 Å². The summed E-state index contributed by atoms with van der Waals surface area (Å²) in [7, 11) is 0. The van der Waals surface area contributed by atoms with Gasteiger partial charge >= 0.3 is 11.9 Å². The van der Waals surface area contributed by atoms with Crippen LogP contribution in [-0.2, 0) is 19.1 Å². The Balaban J connectivity index is 0. The van der Waals surface area contributed by atoms with Crippen LogP contribution in [0.2, 0.25) is 0 Å². The van der Waals surface area contributed by atoms with E-state index in [9.17, 15) is 9.59 Å². The molecule has 0 aromatic heterocycles. The molecule has 4 heteroatoms. The highest BCUT2D eigenvalue weighted by Crippen LogP contribution is 2.06. The average Bonchev–Trinajstić information content (AvgIpc) is 2.29. The maximum absolute atomic E-state index is 10.9. The van der Waals surface area contributed by atoms with Crippen LogP contribution in [0.4, 0.5) is 0 Å². The zero-order valence-electron chi connectivity index (χ0n) is 12.6. The molecule has 4 nitrogen and oxygen atoms in total. The predicted octanol–water partition coefficient (Wildman–Crippen LogP) is 3.33. The summed E-state index contributed by atoms with van der Waals surface area (Å²) in [6.45, 7) is 11.6. The summed E-state index contributed by atoms with van der Waals surface area (Å²) in [6.07, 6.45) is 2.94. The van der Waals surface area contributed by atoms with E-state index in [0.717, 1.165) is 19.3 Å². The molecule has 2 unspecified atom stereocenters. The molecule has 0 aromatic rings. The molecule has 0 N–H and O–H groups in total. The number of carbonyl (C=O) groups is 2. The number of rotatable bonds is 6. The third-order valence-corrected chi connectivity index (χ3v) is 2.35. The van der Waals surface area contributed by atoms with E-state index < -0.39 is 0 Å². The van der Waals surface area contributed by atoms with Gasteiger partial charge in [0.2, 0.25) is 0 Å². The third-order valence-electron chi connectivity index (χ3n) is 2.35. The van der Waals surface area contributed by atoms with Gasteiger partial charge in [-0.25, -0.2) is 0 Å². The number of carbonyl (C=O) groups excluding carboxylic acids is 2. The summed E-state index contributed by atoms with van der Waals surface area (Å²) in [4.78, 5) is 21.1. The first-order valence-electron chi connectivity index (χ1n) is 6.72. The minimum Gasteiger partial charge on any atom is -0.466 e. The van der Waals surface area contributed by atoms with Crippen molar-refractivity contribution in [3.63, 3.8) is 0 Å². The van der Waals surface area contributed by atoms with Gasteiger partial charge in [0.25, 0.3) is 0 Å². The first kappa shape index (κ1) is 19.3. The average molecular weight is 260 g/mol. The maximum Gasteiger partial charge on any atom is 0.308 e. The second-order valence-corrected chi connectivity index (χ2v) is 4.27. The van der Waals surface area contributed by atoms with Gasteiger partial charge in [0.05, 0.1) is 18.6 Å². The van der Waals surface area contributed by atoms with Crippen LogP contribution in [0.1, 0.15) is 60.8 Å². The second-order valence-electron chi connectivity index (χ2n) is 4.27. The van der Waals surface area contributed by atoms with Crippen molar-refractivity contribution in [3.8, 4) is 0 Å². The van der Waals surface area contributed by atoms with E-state index in [1.165, 1.54) is 6.92 Å². The lowest BCUT2D eigenvalue weighted by atomic mass is 10.1.